The van der Waals surface area contributed by atoms with Gasteiger partial charge in [0.05, 0.1) is 61.5 Å². The van der Waals surface area contributed by atoms with Crippen LogP contribution >= 0.6 is 0 Å². The van der Waals surface area contributed by atoms with Crippen molar-refractivity contribution in [2.24, 2.45) is 0 Å². The molecule has 4 aliphatic heterocycles. The fraction of sp³-hybridized carbons (Fsp3) is 0.438. The third-order valence-corrected chi connectivity index (χ3v) is 16.0. The highest BCUT2D eigenvalue weighted by atomic mass is 16.6. The number of likely N-dealkylation sites (tertiary alicyclic amines) is 4. The van der Waals surface area contributed by atoms with Crippen LogP contribution in [0.1, 0.15) is 51.7 Å². The third-order valence-electron chi connectivity index (χ3n) is 16.0. The highest BCUT2D eigenvalue weighted by Gasteiger charge is 2.57. The predicted octanol–water partition coefficient (Wildman–Crippen LogP) is 4.47. The van der Waals surface area contributed by atoms with Gasteiger partial charge in [0.1, 0.15) is 50.7 Å². The van der Waals surface area contributed by atoms with Gasteiger partial charge in [-0.2, -0.15) is 0 Å². The maximum atomic E-state index is 14.8. The number of carbonyl (C=O) groups excluding carboxylic acids is 8. The highest BCUT2D eigenvalue weighted by Crippen LogP contribution is 2.37. The molecular formula is C64H76N10O14. The zero-order valence-corrected chi connectivity index (χ0v) is 50.1. The molecule has 4 heterocycles. The van der Waals surface area contributed by atoms with E-state index in [4.69, 9.17) is 28.4 Å². The Morgan fingerprint density at radius 1 is 0.500 bits per heavy atom. The monoisotopic (exact) mass is 1210 g/mol. The summed E-state index contributed by atoms with van der Waals surface area (Å²) >= 11 is 0. The fourth-order valence-corrected chi connectivity index (χ4v) is 11.0. The van der Waals surface area contributed by atoms with Crippen LogP contribution in [0.3, 0.4) is 0 Å². The molecule has 12 atom stereocenters. The Bertz CT molecular complexity index is 2970. The summed E-state index contributed by atoms with van der Waals surface area (Å²) in [5.74, 6) is 8.98. The molecule has 8 amide bonds. The molecule has 4 aromatic carbocycles. The van der Waals surface area contributed by atoms with Gasteiger partial charge < -0.3 is 59.5 Å². The number of amides is 8. The van der Waals surface area contributed by atoms with Crippen molar-refractivity contribution in [2.45, 2.75) is 127 Å². The molecule has 0 bridgehead atoms. The fourth-order valence-electron chi connectivity index (χ4n) is 11.0. The molecule has 24 nitrogen and oxygen atoms in total. The molecule has 0 spiro atoms. The van der Waals surface area contributed by atoms with Crippen LogP contribution in [0.5, 0.6) is 0 Å². The number of anilines is 2. The van der Waals surface area contributed by atoms with Crippen molar-refractivity contribution in [1.82, 2.24) is 40.9 Å². The second-order valence-electron chi connectivity index (χ2n) is 21.6. The number of nitrogens with one attached hydrogen (secondary N) is 6. The van der Waals surface area contributed by atoms with Gasteiger partial charge in [0, 0.05) is 24.5 Å². The lowest BCUT2D eigenvalue weighted by molar-refractivity contribution is -0.143. The standard InChI is InChI=1S/C64H76N10O14/c1-41(65-5)57(75)69-53(59(77)71-33-31-49-55(71)51(87-61(79)67-47-27-17-11-18-28-47)37-73(49)63(81)85-39-45-23-13-9-14-24-45)43(3)83-35-21-7-8-22-36-84-44(4)54(70-58(76)42(2)66-6)60(78)72-34-32-50-56(72)52(88-62(80)68-48-29-19-12-20-30-48)38-74(50)64(82)86-40-46-25-15-10-16-26-46/h9-20,23-30,41-44,49-56,65-66H,31-40H2,1-6H3,(H,67,79)(H,68,80)(H,69,75)(H,70,76). The Kier molecular flexibility index (Phi) is 23.2. The van der Waals surface area contributed by atoms with Gasteiger partial charge in [0.15, 0.2) is 0 Å². The SMILES string of the molecule is CNC(C)C(=O)NC(C(=O)N1CCC2C1C(OC(=O)Nc1ccccc1)CN2C(=O)OCc1ccccc1)C(C)OCC#CC#CCOC(C)C(NC(=O)C(C)NC)C(=O)N1CCC2C1C(OC(=O)Nc1ccccc1)CN2C(=O)OCc1ccccc1. The van der Waals surface area contributed by atoms with E-state index in [9.17, 15) is 38.4 Å². The van der Waals surface area contributed by atoms with Crippen LogP contribution in [0.15, 0.2) is 121 Å². The normalized spacial score (nSPS) is 21.0. The molecule has 6 N–H and O–H groups in total. The molecule has 4 aromatic rings. The Balaban J connectivity index is 0.916. The molecule has 0 aliphatic carbocycles. The van der Waals surface area contributed by atoms with Crippen LogP contribution in [-0.4, -0.2) is 194 Å². The molecule has 24 heteroatoms. The van der Waals surface area contributed by atoms with Crippen LogP contribution in [0, 0.1) is 23.7 Å². The lowest BCUT2D eigenvalue weighted by Gasteiger charge is -2.33. The Morgan fingerprint density at radius 3 is 1.20 bits per heavy atom. The molecule has 8 rings (SSSR count). The molecule has 0 aromatic heterocycles. The van der Waals surface area contributed by atoms with Gasteiger partial charge >= 0.3 is 24.4 Å². The molecule has 4 fully saturated rings. The molecule has 0 saturated carbocycles. The Labute approximate surface area is 511 Å². The van der Waals surface area contributed by atoms with Gasteiger partial charge in [0.2, 0.25) is 23.6 Å². The van der Waals surface area contributed by atoms with E-state index < -0.39 is 121 Å². The van der Waals surface area contributed by atoms with Gasteiger partial charge in [-0.1, -0.05) is 109 Å². The zero-order valence-electron chi connectivity index (χ0n) is 50.1. The first-order valence-electron chi connectivity index (χ1n) is 29.3. The van der Waals surface area contributed by atoms with E-state index in [2.05, 4.69) is 55.6 Å². The van der Waals surface area contributed by atoms with Gasteiger partial charge in [-0.3, -0.25) is 39.6 Å². The Hall–Kier alpha value is -9.20. The quantitative estimate of drug-likeness (QED) is 0.0468. The van der Waals surface area contributed by atoms with Crippen LogP contribution in [0.4, 0.5) is 30.6 Å². The van der Waals surface area contributed by atoms with Crippen molar-refractivity contribution in [3.63, 3.8) is 0 Å². The number of hydrogen-bond acceptors (Lipinski definition) is 16. The minimum Gasteiger partial charge on any atom is -0.445 e. The van der Waals surface area contributed by atoms with E-state index in [0.29, 0.717) is 24.2 Å². The van der Waals surface area contributed by atoms with Crippen molar-refractivity contribution in [3.8, 4) is 23.7 Å². The van der Waals surface area contributed by atoms with Crippen LogP contribution in [0.25, 0.3) is 0 Å². The van der Waals surface area contributed by atoms with Gasteiger partial charge in [-0.25, -0.2) is 19.2 Å². The summed E-state index contributed by atoms with van der Waals surface area (Å²) in [5.41, 5.74) is 2.52. The van der Waals surface area contributed by atoms with E-state index in [1.807, 2.05) is 60.7 Å². The van der Waals surface area contributed by atoms with E-state index in [1.165, 1.54) is 19.6 Å². The van der Waals surface area contributed by atoms with Crippen molar-refractivity contribution >= 4 is 59.4 Å². The number of fused-ring (bicyclic) bond motifs is 2. The number of likely N-dealkylation sites (N-methyl/N-ethyl adjacent to an activating group) is 2. The highest BCUT2D eigenvalue weighted by molar-refractivity contribution is 5.92. The summed E-state index contributed by atoms with van der Waals surface area (Å²) in [5, 5.41) is 16.8. The number of nitrogens with zero attached hydrogens (tertiary/aromatic N) is 4. The van der Waals surface area contributed by atoms with Crippen LogP contribution < -0.4 is 31.9 Å². The summed E-state index contributed by atoms with van der Waals surface area (Å²) in [6, 6.07) is 29.0. The van der Waals surface area contributed by atoms with Crippen molar-refractivity contribution < 1.29 is 66.8 Å². The molecule has 88 heavy (non-hydrogen) atoms. The molecule has 4 aliphatic rings. The first-order valence-corrected chi connectivity index (χ1v) is 29.3. The lowest BCUT2D eigenvalue weighted by Crippen LogP contribution is -2.59. The topological polar surface area (TPSA) is 277 Å². The summed E-state index contributed by atoms with van der Waals surface area (Å²) in [6.07, 6.45) is -6.08. The van der Waals surface area contributed by atoms with Crippen molar-refractivity contribution in [3.05, 3.63) is 132 Å². The zero-order chi connectivity index (χ0) is 62.7. The van der Waals surface area contributed by atoms with Gasteiger partial charge in [0.25, 0.3) is 0 Å². The van der Waals surface area contributed by atoms with E-state index in [1.54, 1.807) is 102 Å². The molecule has 12 unspecified atom stereocenters. The number of ether oxygens (including phenoxy) is 6. The van der Waals surface area contributed by atoms with E-state index in [0.717, 1.165) is 11.1 Å². The minimum absolute atomic E-state index is 0.00268. The maximum absolute atomic E-state index is 14.8. The second-order valence-corrected chi connectivity index (χ2v) is 21.6. The molecule has 0 radical (unpaired) electrons. The average molecular weight is 1210 g/mol. The van der Waals surface area contributed by atoms with Gasteiger partial charge in [-0.15, -0.1) is 0 Å². The number of hydrogen-bond donors (Lipinski definition) is 6. The first-order chi connectivity index (χ1) is 42.5. The first kappa shape index (κ1) is 64.8. The molecule has 466 valence electrons. The maximum Gasteiger partial charge on any atom is 0.412 e. The minimum atomic E-state index is -1.26. The second kappa shape index (κ2) is 31.4. The summed E-state index contributed by atoms with van der Waals surface area (Å²) in [7, 11) is 3.21. The summed E-state index contributed by atoms with van der Waals surface area (Å²) < 4.78 is 35.5. The van der Waals surface area contributed by atoms with Crippen LogP contribution in [-0.2, 0) is 60.8 Å². The lowest BCUT2D eigenvalue weighted by atomic mass is 10.1. The smallest absolute Gasteiger partial charge is 0.412 e. The predicted molar refractivity (Wildman–Crippen MR) is 322 cm³/mol. The van der Waals surface area contributed by atoms with E-state index in [-0.39, 0.29) is 52.6 Å². The number of rotatable bonds is 22. The summed E-state index contributed by atoms with van der Waals surface area (Å²) in [6.45, 7) is 6.23. The van der Waals surface area contributed by atoms with Gasteiger partial charge in [-0.05, 0) is 102 Å². The number of benzene rings is 4. The third kappa shape index (κ3) is 16.9. The van der Waals surface area contributed by atoms with Crippen molar-refractivity contribution in [1.29, 1.82) is 0 Å². The Morgan fingerprint density at radius 2 is 0.852 bits per heavy atom. The average Bonchev–Trinajstić information content (AvgIpc) is 1.70. The van der Waals surface area contributed by atoms with Crippen LogP contribution in [0.2, 0.25) is 0 Å². The largest absolute Gasteiger partial charge is 0.445 e. The van der Waals surface area contributed by atoms with Crippen molar-refractivity contribution in [2.75, 3.05) is 64.1 Å². The summed E-state index contributed by atoms with van der Waals surface area (Å²) in [4.78, 5) is 117. The number of carbonyl (C=O) groups is 8. The van der Waals surface area contributed by atoms with E-state index >= 15 is 0 Å². The number of para-hydroxylation sites is 2. The molecular weight excluding hydrogens is 1130 g/mol. The molecule has 4 saturated heterocycles.